The Hall–Kier alpha value is -4.57. The van der Waals surface area contributed by atoms with Crippen LogP contribution in [0.5, 0.6) is 0 Å². The van der Waals surface area contributed by atoms with E-state index in [4.69, 9.17) is 19.4 Å². The van der Waals surface area contributed by atoms with E-state index in [-0.39, 0.29) is 5.41 Å². The first-order valence-electron chi connectivity index (χ1n) is 15.7. The first kappa shape index (κ1) is 25.0. The maximum Gasteiger partial charge on any atom is 0.182 e. The summed E-state index contributed by atoms with van der Waals surface area (Å²) in [4.78, 5) is 14.8. The maximum atomic E-state index is 6.12. The zero-order chi connectivity index (χ0) is 28.4. The highest BCUT2D eigenvalue weighted by Crippen LogP contribution is 2.61. The lowest BCUT2D eigenvalue weighted by atomic mass is 9.48. The van der Waals surface area contributed by atoms with Crippen LogP contribution >= 0.6 is 0 Å². The highest BCUT2D eigenvalue weighted by molar-refractivity contribution is 5.93. The third-order valence-corrected chi connectivity index (χ3v) is 10.4. The number of hydrogen-bond acceptors (Lipinski definition) is 4. The Morgan fingerprint density at radius 3 is 1.77 bits per heavy atom. The third-order valence-electron chi connectivity index (χ3n) is 10.4. The van der Waals surface area contributed by atoms with Gasteiger partial charge in [0.2, 0.25) is 0 Å². The normalized spacial score (nSPS) is 24.0. The average molecular weight is 560 g/mol. The number of fused-ring (bicyclic) bond motifs is 1. The minimum Gasteiger partial charge on any atom is -0.443 e. The summed E-state index contributed by atoms with van der Waals surface area (Å²) in [5, 5.41) is 0. The van der Waals surface area contributed by atoms with Gasteiger partial charge < -0.3 is 4.42 Å². The Morgan fingerprint density at radius 2 is 1.14 bits per heavy atom. The van der Waals surface area contributed by atoms with Gasteiger partial charge in [-0.1, -0.05) is 97.1 Å². The maximum absolute atomic E-state index is 6.12. The van der Waals surface area contributed by atoms with E-state index in [9.17, 15) is 0 Å². The molecule has 4 aliphatic carbocycles. The highest BCUT2D eigenvalue weighted by atomic mass is 16.3. The predicted molar refractivity (Wildman–Crippen MR) is 171 cm³/mol. The van der Waals surface area contributed by atoms with Crippen molar-refractivity contribution < 1.29 is 4.42 Å². The molecule has 4 bridgehead atoms. The van der Waals surface area contributed by atoms with Crippen LogP contribution in [0.1, 0.15) is 44.1 Å². The predicted octanol–water partition coefficient (Wildman–Crippen LogP) is 9.75. The molecule has 2 heterocycles. The fraction of sp³-hybridized carbons (Fsp3) is 0.256. The van der Waals surface area contributed by atoms with Crippen molar-refractivity contribution in [1.82, 2.24) is 15.0 Å². The SMILES string of the molecule is c1ccc(-c2cc(-c3ccc(-c4ccc(C56CC7CC(CC(C7)C5)C6)c5ncoc45)cc3)nc(-c3ccccc3)n2)cc1. The van der Waals surface area contributed by atoms with Crippen molar-refractivity contribution in [3.63, 3.8) is 0 Å². The van der Waals surface area contributed by atoms with Gasteiger partial charge in [-0.25, -0.2) is 15.0 Å². The van der Waals surface area contributed by atoms with Crippen LogP contribution in [0.4, 0.5) is 0 Å². The minimum absolute atomic E-state index is 0.284. The van der Waals surface area contributed by atoms with E-state index >= 15 is 0 Å². The van der Waals surface area contributed by atoms with Crippen molar-refractivity contribution in [2.24, 2.45) is 17.8 Å². The van der Waals surface area contributed by atoms with Gasteiger partial charge in [0.1, 0.15) is 5.52 Å². The van der Waals surface area contributed by atoms with Crippen LogP contribution in [0.3, 0.4) is 0 Å². The molecule has 0 radical (unpaired) electrons. The van der Waals surface area contributed by atoms with E-state index in [0.717, 1.165) is 73.9 Å². The lowest BCUT2D eigenvalue weighted by Gasteiger charge is -2.57. The minimum atomic E-state index is 0.284. The van der Waals surface area contributed by atoms with Gasteiger partial charge >= 0.3 is 0 Å². The van der Waals surface area contributed by atoms with Crippen LogP contribution in [-0.2, 0) is 5.41 Å². The molecule has 6 aromatic rings. The molecule has 2 aromatic heterocycles. The molecule has 0 unspecified atom stereocenters. The molecule has 4 saturated carbocycles. The summed E-state index contributed by atoms with van der Waals surface area (Å²) in [5.41, 5.74) is 10.9. The second-order valence-electron chi connectivity index (χ2n) is 13.2. The standard InChI is InChI=1S/C39H33N3O/c1-3-7-29(8-4-1)34-20-35(42-38(41-34)31-9-5-2-6-10-31)30-13-11-28(12-14-30)32-15-16-33(36-37(32)43-24-40-36)39-21-25-17-26(22-39)19-27(18-25)23-39/h1-16,20,24-27H,17-19,21-23H2. The van der Waals surface area contributed by atoms with Crippen molar-refractivity contribution in [3.8, 4) is 45.0 Å². The van der Waals surface area contributed by atoms with Crippen LogP contribution in [-0.4, -0.2) is 15.0 Å². The molecular formula is C39H33N3O. The van der Waals surface area contributed by atoms with Gasteiger partial charge in [-0.3, -0.25) is 0 Å². The molecule has 0 spiro atoms. The molecule has 0 N–H and O–H groups in total. The smallest absolute Gasteiger partial charge is 0.182 e. The van der Waals surface area contributed by atoms with Crippen LogP contribution in [0.15, 0.2) is 114 Å². The second kappa shape index (κ2) is 9.74. The average Bonchev–Trinajstić information content (AvgIpc) is 3.55. The molecule has 0 atom stereocenters. The molecule has 210 valence electrons. The molecule has 4 fully saturated rings. The lowest BCUT2D eigenvalue weighted by molar-refractivity contribution is -0.00457. The van der Waals surface area contributed by atoms with Crippen LogP contribution in [0.2, 0.25) is 0 Å². The largest absolute Gasteiger partial charge is 0.443 e. The molecule has 4 aliphatic rings. The number of rotatable bonds is 5. The van der Waals surface area contributed by atoms with Crippen LogP contribution < -0.4 is 0 Å². The summed E-state index contributed by atoms with van der Waals surface area (Å²) < 4.78 is 6.12. The Kier molecular flexibility index (Phi) is 5.65. The van der Waals surface area contributed by atoms with Gasteiger partial charge in [0.25, 0.3) is 0 Å². The third kappa shape index (κ3) is 4.23. The first-order valence-corrected chi connectivity index (χ1v) is 15.7. The molecular weight excluding hydrogens is 526 g/mol. The van der Waals surface area contributed by atoms with E-state index in [0.29, 0.717) is 0 Å². The molecule has 10 rings (SSSR count). The number of aromatic nitrogens is 3. The Labute approximate surface area is 251 Å². The molecule has 43 heavy (non-hydrogen) atoms. The molecule has 0 aliphatic heterocycles. The van der Waals surface area contributed by atoms with Crippen molar-refractivity contribution in [3.05, 3.63) is 115 Å². The van der Waals surface area contributed by atoms with Crippen molar-refractivity contribution in [2.45, 2.75) is 43.9 Å². The van der Waals surface area contributed by atoms with Crippen molar-refractivity contribution in [2.75, 3.05) is 0 Å². The van der Waals surface area contributed by atoms with Crippen LogP contribution in [0, 0.1) is 17.8 Å². The number of hydrogen-bond donors (Lipinski definition) is 0. The van der Waals surface area contributed by atoms with Gasteiger partial charge in [0.15, 0.2) is 17.8 Å². The molecule has 4 nitrogen and oxygen atoms in total. The summed E-state index contributed by atoms with van der Waals surface area (Å²) in [6.07, 6.45) is 9.94. The summed E-state index contributed by atoms with van der Waals surface area (Å²) in [7, 11) is 0. The van der Waals surface area contributed by atoms with E-state index in [1.54, 1.807) is 6.39 Å². The van der Waals surface area contributed by atoms with Gasteiger partial charge in [0, 0.05) is 22.3 Å². The summed E-state index contributed by atoms with van der Waals surface area (Å²) in [6.45, 7) is 0. The molecule has 4 aromatic carbocycles. The van der Waals surface area contributed by atoms with Gasteiger partial charge in [-0.15, -0.1) is 0 Å². The summed E-state index contributed by atoms with van der Waals surface area (Å²) in [6, 6.07) is 36.0. The van der Waals surface area contributed by atoms with E-state index in [1.807, 2.05) is 36.4 Å². The monoisotopic (exact) mass is 559 g/mol. The van der Waals surface area contributed by atoms with Gasteiger partial charge in [-0.05, 0) is 78.9 Å². The van der Waals surface area contributed by atoms with Crippen molar-refractivity contribution >= 4 is 11.1 Å². The Bertz CT molecular complexity index is 1850. The van der Waals surface area contributed by atoms with E-state index in [1.165, 1.54) is 44.1 Å². The number of benzene rings is 4. The summed E-state index contributed by atoms with van der Waals surface area (Å²) >= 11 is 0. The summed E-state index contributed by atoms with van der Waals surface area (Å²) in [5.74, 6) is 3.41. The van der Waals surface area contributed by atoms with Gasteiger partial charge in [0.05, 0.1) is 11.4 Å². The molecule has 0 saturated heterocycles. The lowest BCUT2D eigenvalue weighted by Crippen LogP contribution is -2.48. The highest BCUT2D eigenvalue weighted by Gasteiger charge is 2.52. The zero-order valence-electron chi connectivity index (χ0n) is 24.1. The first-order chi connectivity index (χ1) is 21.2. The molecule has 4 heteroatoms. The fourth-order valence-corrected chi connectivity index (χ4v) is 8.93. The zero-order valence-corrected chi connectivity index (χ0v) is 24.1. The Morgan fingerprint density at radius 1 is 0.581 bits per heavy atom. The van der Waals surface area contributed by atoms with E-state index < -0.39 is 0 Å². The van der Waals surface area contributed by atoms with Crippen LogP contribution in [0.25, 0.3) is 56.1 Å². The number of nitrogens with zero attached hydrogens (tertiary/aromatic N) is 3. The fourth-order valence-electron chi connectivity index (χ4n) is 8.93. The van der Waals surface area contributed by atoms with E-state index in [2.05, 4.69) is 66.7 Å². The second-order valence-corrected chi connectivity index (χ2v) is 13.2. The Balaban J connectivity index is 1.09. The topological polar surface area (TPSA) is 51.8 Å². The number of oxazole rings is 1. The molecule has 0 amide bonds. The van der Waals surface area contributed by atoms with Crippen molar-refractivity contribution in [1.29, 1.82) is 0 Å². The van der Waals surface area contributed by atoms with Gasteiger partial charge in [-0.2, -0.15) is 0 Å². The quantitative estimate of drug-likeness (QED) is 0.211.